The van der Waals surface area contributed by atoms with Crippen LogP contribution in [0, 0.1) is 0 Å². The van der Waals surface area contributed by atoms with Crippen LogP contribution in [0.3, 0.4) is 0 Å². The van der Waals surface area contributed by atoms with Crippen LogP contribution in [0.1, 0.15) is 57.6 Å². The summed E-state index contributed by atoms with van der Waals surface area (Å²) in [6.07, 6.45) is 6.15. The molecular weight excluding hydrogens is 370 g/mol. The van der Waals surface area contributed by atoms with Crippen molar-refractivity contribution in [2.45, 2.75) is 52.6 Å². The fourth-order valence-corrected chi connectivity index (χ4v) is 4.27. The van der Waals surface area contributed by atoms with Crippen LogP contribution in [0.2, 0.25) is 0 Å². The molecule has 2 aromatic carbocycles. The van der Waals surface area contributed by atoms with Gasteiger partial charge in [-0.2, -0.15) is 0 Å². The Morgan fingerprint density at radius 3 is 2.10 bits per heavy atom. The summed E-state index contributed by atoms with van der Waals surface area (Å²) in [4.78, 5) is 2.57. The van der Waals surface area contributed by atoms with Crippen molar-refractivity contribution in [1.29, 1.82) is 0 Å². The molecule has 1 unspecified atom stereocenters. The van der Waals surface area contributed by atoms with Crippen molar-refractivity contribution in [3.05, 3.63) is 72.3 Å². The zero-order chi connectivity index (χ0) is 20.9. The third-order valence-corrected chi connectivity index (χ3v) is 6.22. The van der Waals surface area contributed by atoms with E-state index in [-0.39, 0.29) is 6.10 Å². The second-order valence-corrected chi connectivity index (χ2v) is 8.95. The molecule has 0 saturated heterocycles. The largest absolute Gasteiger partial charge is 0.381 e. The maximum Gasteiger partial charge on any atom is 0.114 e. The van der Waals surface area contributed by atoms with Gasteiger partial charge in [0.15, 0.2) is 0 Å². The summed E-state index contributed by atoms with van der Waals surface area (Å²) in [6.45, 7) is 14.4. The van der Waals surface area contributed by atoms with Crippen LogP contribution in [0.25, 0.3) is 5.57 Å². The van der Waals surface area contributed by atoms with Gasteiger partial charge < -0.3 is 9.64 Å². The summed E-state index contributed by atoms with van der Waals surface area (Å²) >= 11 is 0. The number of ether oxygens (including phenoxy) is 1. The van der Waals surface area contributed by atoms with Crippen LogP contribution in [0.4, 0.5) is 0 Å². The molecule has 0 aliphatic rings. The molecule has 2 radical (unpaired) electrons. The molecule has 1 atom stereocenters. The molecule has 0 aromatic heterocycles. The summed E-state index contributed by atoms with van der Waals surface area (Å²) < 4.78 is 6.14. The van der Waals surface area contributed by atoms with Gasteiger partial charge in [-0.15, -0.1) is 0 Å². The third kappa shape index (κ3) is 8.69. The molecule has 0 aliphatic heterocycles. The lowest BCUT2D eigenvalue weighted by atomic mass is 10.00. The smallest absolute Gasteiger partial charge is 0.114 e. The zero-order valence-electron chi connectivity index (χ0n) is 18.5. The molecule has 0 amide bonds. The molecule has 0 heterocycles. The highest BCUT2D eigenvalue weighted by atomic mass is 28.2. The molecule has 0 spiro atoms. The van der Waals surface area contributed by atoms with Crippen molar-refractivity contribution in [2.24, 2.45) is 0 Å². The lowest BCUT2D eigenvalue weighted by Gasteiger charge is -2.25. The van der Waals surface area contributed by atoms with Gasteiger partial charge in [-0.3, -0.25) is 0 Å². The molecule has 2 aromatic rings. The van der Waals surface area contributed by atoms with E-state index < -0.39 is 0 Å². The van der Waals surface area contributed by atoms with E-state index in [1.807, 2.05) is 6.07 Å². The predicted molar refractivity (Wildman–Crippen MR) is 128 cm³/mol. The molecule has 2 nitrogen and oxygen atoms in total. The van der Waals surface area contributed by atoms with E-state index in [9.17, 15) is 0 Å². The Labute approximate surface area is 180 Å². The van der Waals surface area contributed by atoms with Gasteiger partial charge in [-0.1, -0.05) is 93.1 Å². The first-order valence-electron chi connectivity index (χ1n) is 11.1. The second-order valence-electron chi connectivity index (χ2n) is 7.73. The van der Waals surface area contributed by atoms with Crippen molar-refractivity contribution in [2.75, 3.05) is 25.9 Å². The van der Waals surface area contributed by atoms with Crippen LogP contribution in [-0.2, 0) is 4.74 Å². The van der Waals surface area contributed by atoms with Gasteiger partial charge in [0, 0.05) is 12.8 Å². The molecule has 0 N–H and O–H groups in total. The van der Waals surface area contributed by atoms with E-state index in [1.54, 1.807) is 0 Å². The Bertz CT molecular complexity index is 690. The highest BCUT2D eigenvalue weighted by Gasteiger charge is 2.10. The van der Waals surface area contributed by atoms with Crippen LogP contribution >= 0.6 is 0 Å². The zero-order valence-corrected chi connectivity index (χ0v) is 19.5. The van der Waals surface area contributed by atoms with E-state index >= 15 is 0 Å². The van der Waals surface area contributed by atoms with Crippen LogP contribution in [0.5, 0.6) is 0 Å². The van der Waals surface area contributed by atoms with Gasteiger partial charge >= 0.3 is 0 Å². The average molecular weight is 408 g/mol. The van der Waals surface area contributed by atoms with Crippen molar-refractivity contribution >= 4 is 20.3 Å². The molecular formula is C26H37NOSi. The first kappa shape index (κ1) is 23.6. The Morgan fingerprint density at radius 1 is 0.931 bits per heavy atom. The van der Waals surface area contributed by atoms with E-state index in [0.29, 0.717) is 9.52 Å². The predicted octanol–water partition coefficient (Wildman–Crippen LogP) is 5.34. The first-order chi connectivity index (χ1) is 14.1. The van der Waals surface area contributed by atoms with Gasteiger partial charge in [0.1, 0.15) is 9.52 Å². The van der Waals surface area contributed by atoms with E-state index in [4.69, 9.17) is 4.74 Å². The van der Waals surface area contributed by atoms with Gasteiger partial charge in [-0.05, 0) is 49.6 Å². The lowest BCUT2D eigenvalue weighted by molar-refractivity contribution is 0.0632. The average Bonchev–Trinajstić information content (AvgIpc) is 2.76. The SMILES string of the molecule is C=C(c1ccccc1)c1ccc([Si]COC(C)CN(CCCC)CCCC)cc1. The Morgan fingerprint density at radius 2 is 1.52 bits per heavy atom. The van der Waals surface area contributed by atoms with Crippen molar-refractivity contribution in [3.8, 4) is 0 Å². The number of unbranched alkanes of at least 4 members (excludes halogenated alkanes) is 2. The molecule has 0 bridgehead atoms. The van der Waals surface area contributed by atoms with Gasteiger partial charge in [0.05, 0.1) is 6.10 Å². The Kier molecular flexibility index (Phi) is 11.0. The number of nitrogens with zero attached hydrogens (tertiary/aromatic N) is 1. The quantitative estimate of drug-likeness (QED) is 0.392. The Balaban J connectivity index is 1.77. The second kappa shape index (κ2) is 13.5. The standard InChI is InChI=1S/C26H37NOSi/c1-5-7-18-27(19-8-6-2)20-22(3)28-21-29-26-16-14-25(15-17-26)23(4)24-12-10-9-11-13-24/h9-17,22H,4-8,18-21H2,1-3H3. The van der Waals surface area contributed by atoms with Crippen molar-refractivity contribution in [1.82, 2.24) is 4.90 Å². The summed E-state index contributed by atoms with van der Waals surface area (Å²) in [7, 11) is 0.682. The van der Waals surface area contributed by atoms with E-state index in [1.165, 1.54) is 55.1 Å². The minimum atomic E-state index is 0.286. The van der Waals surface area contributed by atoms with Crippen LogP contribution in [0.15, 0.2) is 61.2 Å². The molecule has 3 heteroatoms. The van der Waals surface area contributed by atoms with E-state index in [0.717, 1.165) is 18.3 Å². The molecule has 29 heavy (non-hydrogen) atoms. The van der Waals surface area contributed by atoms with E-state index in [2.05, 4.69) is 80.8 Å². The highest BCUT2D eigenvalue weighted by Crippen LogP contribution is 2.20. The molecule has 0 fully saturated rings. The number of benzene rings is 2. The van der Waals surface area contributed by atoms with Crippen molar-refractivity contribution in [3.63, 3.8) is 0 Å². The topological polar surface area (TPSA) is 12.5 Å². The monoisotopic (exact) mass is 407 g/mol. The fraction of sp³-hybridized carbons (Fsp3) is 0.462. The normalized spacial score (nSPS) is 12.3. The summed E-state index contributed by atoms with van der Waals surface area (Å²) in [6, 6.07) is 19.1. The van der Waals surface area contributed by atoms with Gasteiger partial charge in [0.25, 0.3) is 0 Å². The summed E-state index contributed by atoms with van der Waals surface area (Å²) in [5.41, 5.74) is 3.43. The van der Waals surface area contributed by atoms with Gasteiger partial charge in [0.2, 0.25) is 0 Å². The first-order valence-corrected chi connectivity index (χ1v) is 12.3. The number of hydrogen-bond donors (Lipinski definition) is 0. The molecule has 0 saturated carbocycles. The van der Waals surface area contributed by atoms with Gasteiger partial charge in [-0.25, -0.2) is 0 Å². The number of hydrogen-bond acceptors (Lipinski definition) is 2. The fourth-order valence-electron chi connectivity index (χ4n) is 3.34. The highest BCUT2D eigenvalue weighted by molar-refractivity contribution is 6.53. The molecule has 2 rings (SSSR count). The minimum Gasteiger partial charge on any atom is -0.381 e. The van der Waals surface area contributed by atoms with Crippen LogP contribution in [-0.4, -0.2) is 46.4 Å². The maximum absolute atomic E-state index is 6.14. The molecule has 156 valence electrons. The lowest BCUT2D eigenvalue weighted by Crippen LogP contribution is -2.35. The Hall–Kier alpha value is -1.68. The van der Waals surface area contributed by atoms with Crippen LogP contribution < -0.4 is 5.19 Å². The maximum atomic E-state index is 6.14. The van der Waals surface area contributed by atoms with Crippen molar-refractivity contribution < 1.29 is 4.74 Å². The number of rotatable bonds is 14. The minimum absolute atomic E-state index is 0.286. The molecule has 0 aliphatic carbocycles. The summed E-state index contributed by atoms with van der Waals surface area (Å²) in [5, 5.41) is 1.34. The third-order valence-electron chi connectivity index (χ3n) is 5.17. The summed E-state index contributed by atoms with van der Waals surface area (Å²) in [5.74, 6) is 0.